The van der Waals surface area contributed by atoms with Gasteiger partial charge in [0.15, 0.2) is 0 Å². The summed E-state index contributed by atoms with van der Waals surface area (Å²) >= 11 is 0. The number of amides is 1. The molecule has 1 aliphatic rings. The van der Waals surface area contributed by atoms with E-state index in [9.17, 15) is 18.4 Å². The smallest absolute Gasteiger partial charge is 0.410 e. The Labute approximate surface area is 97.3 Å². The summed E-state index contributed by atoms with van der Waals surface area (Å²) in [7, 11) is 0. The minimum Gasteiger partial charge on any atom is -0.481 e. The summed E-state index contributed by atoms with van der Waals surface area (Å²) in [5.74, 6) is -6.89. The van der Waals surface area contributed by atoms with Gasteiger partial charge in [-0.2, -0.15) is 0 Å². The molecule has 0 unspecified atom stereocenters. The fraction of sp³-hybridized carbons (Fsp3) is 0.800. The third kappa shape index (κ3) is 3.28. The number of nitrogens with zero attached hydrogens (tertiary/aromatic N) is 1. The molecular weight excluding hydrogens is 236 g/mol. The number of rotatable bonds is 1. The number of carbonyl (C=O) groups excluding carboxylic acids is 1. The van der Waals surface area contributed by atoms with Gasteiger partial charge in [0.05, 0.1) is 6.54 Å². The van der Waals surface area contributed by atoms with Gasteiger partial charge in [0, 0.05) is 6.54 Å². The van der Waals surface area contributed by atoms with Crippen LogP contribution in [0.4, 0.5) is 13.6 Å². The summed E-state index contributed by atoms with van der Waals surface area (Å²) in [5, 5.41) is 8.62. The molecule has 0 saturated carbocycles. The summed E-state index contributed by atoms with van der Waals surface area (Å²) in [6.45, 7) is 3.37. The zero-order valence-electron chi connectivity index (χ0n) is 9.87. The average molecular weight is 251 g/mol. The molecule has 0 spiro atoms. The lowest BCUT2D eigenvalue weighted by molar-refractivity contribution is -0.151. The predicted octanol–water partition coefficient (Wildman–Crippen LogP) is 1.57. The molecule has 1 heterocycles. The van der Waals surface area contributed by atoms with Crippen LogP contribution in [-0.4, -0.2) is 46.7 Å². The SMILES string of the molecule is CC(C)(C)OC(=O)N1C[C@H](C(=O)O)C(F)(F)C1. The molecule has 1 aliphatic heterocycles. The van der Waals surface area contributed by atoms with E-state index < -0.39 is 42.6 Å². The van der Waals surface area contributed by atoms with E-state index in [0.29, 0.717) is 0 Å². The Kier molecular flexibility index (Phi) is 3.31. The quantitative estimate of drug-likeness (QED) is 0.768. The molecule has 1 rings (SSSR count). The minimum absolute atomic E-state index is 0.531. The first-order chi connectivity index (χ1) is 7.53. The van der Waals surface area contributed by atoms with Gasteiger partial charge in [-0.05, 0) is 20.8 Å². The van der Waals surface area contributed by atoms with Crippen molar-refractivity contribution in [3.63, 3.8) is 0 Å². The molecule has 0 aromatic heterocycles. The molecule has 17 heavy (non-hydrogen) atoms. The van der Waals surface area contributed by atoms with Crippen molar-refractivity contribution in [1.29, 1.82) is 0 Å². The fourth-order valence-corrected chi connectivity index (χ4v) is 1.51. The van der Waals surface area contributed by atoms with Gasteiger partial charge in [-0.25, -0.2) is 13.6 Å². The van der Waals surface area contributed by atoms with Gasteiger partial charge in [0.25, 0.3) is 5.92 Å². The largest absolute Gasteiger partial charge is 0.481 e. The van der Waals surface area contributed by atoms with Crippen LogP contribution in [0.5, 0.6) is 0 Å². The summed E-state index contributed by atoms with van der Waals surface area (Å²) in [4.78, 5) is 22.8. The molecule has 0 bridgehead atoms. The van der Waals surface area contributed by atoms with E-state index in [1.165, 1.54) is 0 Å². The van der Waals surface area contributed by atoms with E-state index in [-0.39, 0.29) is 0 Å². The minimum atomic E-state index is -3.41. The van der Waals surface area contributed by atoms with Gasteiger partial charge in [0.2, 0.25) is 0 Å². The predicted molar refractivity (Wildman–Crippen MR) is 53.9 cm³/mol. The number of carbonyl (C=O) groups is 2. The topological polar surface area (TPSA) is 66.8 Å². The Morgan fingerprint density at radius 1 is 1.41 bits per heavy atom. The van der Waals surface area contributed by atoms with Crippen LogP contribution in [0.25, 0.3) is 0 Å². The highest BCUT2D eigenvalue weighted by Crippen LogP contribution is 2.33. The molecule has 5 nitrogen and oxygen atoms in total. The molecule has 1 atom stereocenters. The summed E-state index contributed by atoms with van der Waals surface area (Å²) in [5.41, 5.74) is -0.798. The van der Waals surface area contributed by atoms with Gasteiger partial charge in [-0.15, -0.1) is 0 Å². The first kappa shape index (κ1) is 13.7. The standard InChI is InChI=1S/C10H15F2NO4/c1-9(2,3)17-8(16)13-4-6(7(14)15)10(11,12)5-13/h6H,4-5H2,1-3H3,(H,14,15)/t6-/m1/s1. The second kappa shape index (κ2) is 4.12. The first-order valence-electron chi connectivity index (χ1n) is 5.11. The molecule has 0 aromatic carbocycles. The van der Waals surface area contributed by atoms with Crippen molar-refractivity contribution in [1.82, 2.24) is 4.90 Å². The number of carboxylic acids is 1. The molecule has 1 fully saturated rings. The number of alkyl halides is 2. The average Bonchev–Trinajstić information content (AvgIpc) is 2.38. The number of hydrogen-bond donors (Lipinski definition) is 1. The van der Waals surface area contributed by atoms with Crippen molar-refractivity contribution in [3.8, 4) is 0 Å². The van der Waals surface area contributed by atoms with Gasteiger partial charge < -0.3 is 14.7 Å². The van der Waals surface area contributed by atoms with Crippen LogP contribution in [0.3, 0.4) is 0 Å². The van der Waals surface area contributed by atoms with Crippen LogP contribution in [0.1, 0.15) is 20.8 Å². The Hall–Kier alpha value is -1.40. The van der Waals surface area contributed by atoms with E-state index in [0.717, 1.165) is 4.90 Å². The van der Waals surface area contributed by atoms with Gasteiger partial charge in [-0.3, -0.25) is 4.79 Å². The maximum absolute atomic E-state index is 13.3. The Balaban J connectivity index is 2.72. The number of aliphatic carboxylic acids is 1. The van der Waals surface area contributed by atoms with Crippen molar-refractivity contribution in [3.05, 3.63) is 0 Å². The maximum atomic E-state index is 13.3. The number of hydrogen-bond acceptors (Lipinski definition) is 3. The lowest BCUT2D eigenvalue weighted by atomic mass is 10.1. The van der Waals surface area contributed by atoms with Crippen LogP contribution >= 0.6 is 0 Å². The van der Waals surface area contributed by atoms with Crippen molar-refractivity contribution in [2.45, 2.75) is 32.3 Å². The summed E-state index contributed by atoms with van der Waals surface area (Å²) < 4.78 is 31.4. The third-order valence-electron chi connectivity index (χ3n) is 2.26. The second-order valence-corrected chi connectivity index (χ2v) is 5.01. The van der Waals surface area contributed by atoms with Crippen LogP contribution in [0, 0.1) is 5.92 Å². The second-order valence-electron chi connectivity index (χ2n) is 5.01. The van der Waals surface area contributed by atoms with Gasteiger partial charge in [0.1, 0.15) is 11.5 Å². The van der Waals surface area contributed by atoms with Gasteiger partial charge in [-0.1, -0.05) is 0 Å². The lowest BCUT2D eigenvalue weighted by Crippen LogP contribution is -2.36. The lowest BCUT2D eigenvalue weighted by Gasteiger charge is -2.24. The van der Waals surface area contributed by atoms with E-state index in [2.05, 4.69) is 0 Å². The van der Waals surface area contributed by atoms with Crippen molar-refractivity contribution in [2.24, 2.45) is 5.92 Å². The van der Waals surface area contributed by atoms with Gasteiger partial charge >= 0.3 is 12.1 Å². The molecule has 7 heteroatoms. The van der Waals surface area contributed by atoms with E-state index in [4.69, 9.17) is 9.84 Å². The van der Waals surface area contributed by atoms with Crippen LogP contribution in [-0.2, 0) is 9.53 Å². The number of carboxylic acid groups (broad SMARTS) is 1. The monoisotopic (exact) mass is 251 g/mol. The van der Waals surface area contributed by atoms with Crippen LogP contribution in [0.2, 0.25) is 0 Å². The van der Waals surface area contributed by atoms with Crippen molar-refractivity contribution < 1.29 is 28.2 Å². The Morgan fingerprint density at radius 2 is 1.94 bits per heavy atom. The molecular formula is C10H15F2NO4. The molecule has 1 saturated heterocycles. The molecule has 0 aromatic rings. The molecule has 98 valence electrons. The highest BCUT2D eigenvalue weighted by Gasteiger charge is 2.54. The van der Waals surface area contributed by atoms with Crippen LogP contribution < -0.4 is 0 Å². The first-order valence-corrected chi connectivity index (χ1v) is 5.11. The maximum Gasteiger partial charge on any atom is 0.410 e. The van der Waals surface area contributed by atoms with Crippen molar-refractivity contribution >= 4 is 12.1 Å². The number of halogens is 2. The highest BCUT2D eigenvalue weighted by molar-refractivity contribution is 5.75. The summed E-state index contributed by atoms with van der Waals surface area (Å²) in [6, 6.07) is 0. The van der Waals surface area contributed by atoms with E-state index >= 15 is 0 Å². The molecule has 1 N–H and O–H groups in total. The summed E-state index contributed by atoms with van der Waals surface area (Å²) in [6.07, 6.45) is -0.916. The Bertz CT molecular complexity index is 338. The third-order valence-corrected chi connectivity index (χ3v) is 2.26. The van der Waals surface area contributed by atoms with E-state index in [1.54, 1.807) is 20.8 Å². The van der Waals surface area contributed by atoms with Crippen molar-refractivity contribution in [2.75, 3.05) is 13.1 Å². The zero-order valence-corrected chi connectivity index (χ0v) is 9.87. The number of likely N-dealkylation sites (tertiary alicyclic amines) is 1. The molecule has 0 aliphatic carbocycles. The molecule has 0 radical (unpaired) electrons. The number of ether oxygens (including phenoxy) is 1. The zero-order chi connectivity index (χ0) is 13.4. The highest BCUT2D eigenvalue weighted by atomic mass is 19.3. The Morgan fingerprint density at radius 3 is 2.29 bits per heavy atom. The normalized spacial score (nSPS) is 23.6. The fourth-order valence-electron chi connectivity index (χ4n) is 1.51. The molecule has 1 amide bonds. The van der Waals surface area contributed by atoms with Crippen LogP contribution in [0.15, 0.2) is 0 Å². The van der Waals surface area contributed by atoms with E-state index in [1.807, 2.05) is 0 Å².